The van der Waals surface area contributed by atoms with Crippen molar-refractivity contribution in [1.82, 2.24) is 10.6 Å². The summed E-state index contributed by atoms with van der Waals surface area (Å²) >= 11 is 0. The number of alkyl carbamates (subject to hydrolysis) is 2. The van der Waals surface area contributed by atoms with E-state index in [-0.39, 0.29) is 19.8 Å². The molecule has 0 unspecified atom stereocenters. The molecular formula is C23H30N2O5. The van der Waals surface area contributed by atoms with Crippen molar-refractivity contribution in [3.05, 3.63) is 70.8 Å². The first kappa shape index (κ1) is 23.2. The number of amides is 2. The fourth-order valence-corrected chi connectivity index (χ4v) is 2.72. The van der Waals surface area contributed by atoms with Gasteiger partial charge in [0.2, 0.25) is 0 Å². The third-order valence-corrected chi connectivity index (χ3v) is 4.16. The van der Waals surface area contributed by atoms with Gasteiger partial charge in [-0.1, -0.05) is 48.5 Å². The number of aliphatic hydroxyl groups excluding tert-OH is 1. The van der Waals surface area contributed by atoms with Crippen LogP contribution in [-0.4, -0.2) is 29.4 Å². The average Bonchev–Trinajstić information content (AvgIpc) is 2.70. The van der Waals surface area contributed by atoms with Crippen molar-refractivity contribution in [3.8, 4) is 0 Å². The quantitative estimate of drug-likeness (QED) is 0.612. The highest BCUT2D eigenvalue weighted by molar-refractivity contribution is 5.68. The molecule has 7 heteroatoms. The number of rotatable bonds is 8. The van der Waals surface area contributed by atoms with Gasteiger partial charge in [0.05, 0.1) is 6.61 Å². The second-order valence-corrected chi connectivity index (χ2v) is 7.86. The molecule has 0 fully saturated rings. The molecule has 0 bridgehead atoms. The van der Waals surface area contributed by atoms with Gasteiger partial charge in [0.1, 0.15) is 12.2 Å². The minimum absolute atomic E-state index is 0.147. The Hall–Kier alpha value is -3.06. The topological polar surface area (TPSA) is 96.9 Å². The predicted octanol–water partition coefficient (Wildman–Crippen LogP) is 3.67. The fraction of sp³-hybridized carbons (Fsp3) is 0.391. The summed E-state index contributed by atoms with van der Waals surface area (Å²) in [6, 6.07) is 15.1. The fourth-order valence-electron chi connectivity index (χ4n) is 2.72. The van der Waals surface area contributed by atoms with Crippen LogP contribution in [-0.2, 0) is 35.7 Å². The zero-order valence-electron chi connectivity index (χ0n) is 17.7. The zero-order valence-corrected chi connectivity index (χ0v) is 17.7. The van der Waals surface area contributed by atoms with Crippen LogP contribution in [0.1, 0.15) is 43.0 Å². The molecule has 0 aromatic heterocycles. The van der Waals surface area contributed by atoms with Gasteiger partial charge in [-0.15, -0.1) is 0 Å². The molecule has 0 atom stereocenters. The Labute approximate surface area is 177 Å². The highest BCUT2D eigenvalue weighted by Gasteiger charge is 2.16. The van der Waals surface area contributed by atoms with E-state index in [9.17, 15) is 14.7 Å². The van der Waals surface area contributed by atoms with Gasteiger partial charge in [-0.25, -0.2) is 9.59 Å². The summed E-state index contributed by atoms with van der Waals surface area (Å²) in [5, 5.41) is 15.1. The summed E-state index contributed by atoms with van der Waals surface area (Å²) in [5.41, 5.74) is 2.85. The monoisotopic (exact) mass is 414 g/mol. The van der Waals surface area contributed by atoms with Gasteiger partial charge in [-0.2, -0.15) is 0 Å². The molecule has 0 radical (unpaired) electrons. The van der Waals surface area contributed by atoms with E-state index in [1.54, 1.807) is 20.8 Å². The van der Waals surface area contributed by atoms with Crippen LogP contribution >= 0.6 is 0 Å². The normalized spacial score (nSPS) is 10.9. The molecular weight excluding hydrogens is 384 g/mol. The first-order valence-corrected chi connectivity index (χ1v) is 9.90. The average molecular weight is 415 g/mol. The van der Waals surface area contributed by atoms with Crippen LogP contribution in [0.2, 0.25) is 0 Å². The van der Waals surface area contributed by atoms with Crippen molar-refractivity contribution in [2.45, 2.75) is 52.6 Å². The van der Waals surface area contributed by atoms with Crippen LogP contribution in [0.25, 0.3) is 0 Å². The van der Waals surface area contributed by atoms with Gasteiger partial charge in [0.25, 0.3) is 0 Å². The molecule has 2 aromatic carbocycles. The molecule has 2 amide bonds. The molecule has 3 N–H and O–H groups in total. The van der Waals surface area contributed by atoms with Gasteiger partial charge >= 0.3 is 12.2 Å². The van der Waals surface area contributed by atoms with Crippen LogP contribution in [0.3, 0.4) is 0 Å². The molecule has 7 nitrogen and oxygen atoms in total. The summed E-state index contributed by atoms with van der Waals surface area (Å²) in [6.45, 7) is 6.14. The summed E-state index contributed by atoms with van der Waals surface area (Å²) in [6.07, 6.45) is -0.388. The van der Waals surface area contributed by atoms with Crippen LogP contribution in [0.5, 0.6) is 0 Å². The van der Waals surface area contributed by atoms with Crippen molar-refractivity contribution >= 4 is 12.2 Å². The van der Waals surface area contributed by atoms with Crippen molar-refractivity contribution in [1.29, 1.82) is 0 Å². The maximum atomic E-state index is 11.8. The van der Waals surface area contributed by atoms with E-state index in [0.717, 1.165) is 22.3 Å². The molecule has 30 heavy (non-hydrogen) atoms. The molecule has 0 heterocycles. The Morgan fingerprint density at radius 3 is 2.33 bits per heavy atom. The van der Waals surface area contributed by atoms with E-state index >= 15 is 0 Å². The standard InChI is InChI=1S/C23H30N2O5/c1-23(2,3)30-22(28)25-14-19-10-9-17(13-20(19)15-26)11-12-24-21(27)29-16-18-7-5-4-6-8-18/h4-10,13,26H,11-12,14-16H2,1-3H3,(H,24,27)(H,25,28). The van der Waals surface area contributed by atoms with E-state index in [1.165, 1.54) is 0 Å². The van der Waals surface area contributed by atoms with Gasteiger partial charge in [-0.3, -0.25) is 0 Å². The summed E-state index contributed by atoms with van der Waals surface area (Å²) in [7, 11) is 0. The van der Waals surface area contributed by atoms with Gasteiger partial charge in [0, 0.05) is 13.1 Å². The molecule has 0 saturated heterocycles. The number of benzene rings is 2. The minimum atomic E-state index is -0.566. The molecule has 2 aromatic rings. The number of ether oxygens (including phenoxy) is 2. The van der Waals surface area contributed by atoms with Crippen LogP contribution in [0.4, 0.5) is 9.59 Å². The smallest absolute Gasteiger partial charge is 0.407 e. The van der Waals surface area contributed by atoms with E-state index in [1.807, 2.05) is 48.5 Å². The number of aliphatic hydroxyl groups is 1. The Morgan fingerprint density at radius 1 is 0.933 bits per heavy atom. The third-order valence-electron chi connectivity index (χ3n) is 4.16. The van der Waals surface area contributed by atoms with E-state index < -0.39 is 17.8 Å². The molecule has 0 saturated carbocycles. The Kier molecular flexibility index (Phi) is 8.68. The largest absolute Gasteiger partial charge is 0.445 e. The van der Waals surface area contributed by atoms with E-state index in [2.05, 4.69) is 10.6 Å². The second-order valence-electron chi connectivity index (χ2n) is 7.86. The van der Waals surface area contributed by atoms with Crippen molar-refractivity contribution < 1.29 is 24.2 Å². The summed E-state index contributed by atoms with van der Waals surface area (Å²) < 4.78 is 10.4. The van der Waals surface area contributed by atoms with Gasteiger partial charge in [-0.05, 0) is 49.4 Å². The molecule has 162 valence electrons. The molecule has 2 rings (SSSR count). The van der Waals surface area contributed by atoms with E-state index in [4.69, 9.17) is 9.47 Å². The lowest BCUT2D eigenvalue weighted by Crippen LogP contribution is -2.32. The summed E-state index contributed by atoms with van der Waals surface area (Å²) in [5.74, 6) is 0. The van der Waals surface area contributed by atoms with Crippen LogP contribution < -0.4 is 10.6 Å². The number of carbonyl (C=O) groups excluding carboxylic acids is 2. The Morgan fingerprint density at radius 2 is 1.67 bits per heavy atom. The lowest BCUT2D eigenvalue weighted by Gasteiger charge is -2.20. The lowest BCUT2D eigenvalue weighted by molar-refractivity contribution is 0.0523. The van der Waals surface area contributed by atoms with Crippen molar-refractivity contribution in [2.75, 3.05) is 6.54 Å². The molecule has 0 aliphatic carbocycles. The molecule has 0 aliphatic rings. The molecule has 0 aliphatic heterocycles. The minimum Gasteiger partial charge on any atom is -0.445 e. The number of nitrogens with one attached hydrogen (secondary N) is 2. The molecule has 0 spiro atoms. The van der Waals surface area contributed by atoms with Crippen molar-refractivity contribution in [2.24, 2.45) is 0 Å². The first-order chi connectivity index (χ1) is 14.3. The van der Waals surface area contributed by atoms with Gasteiger partial charge in [0.15, 0.2) is 0 Å². The van der Waals surface area contributed by atoms with E-state index in [0.29, 0.717) is 13.0 Å². The SMILES string of the molecule is CC(C)(C)OC(=O)NCc1ccc(CCNC(=O)OCc2ccccc2)cc1CO. The predicted molar refractivity (Wildman–Crippen MR) is 114 cm³/mol. The maximum absolute atomic E-state index is 11.8. The Balaban J connectivity index is 1.78. The highest BCUT2D eigenvalue weighted by Crippen LogP contribution is 2.14. The Bertz CT molecular complexity index is 831. The highest BCUT2D eigenvalue weighted by atomic mass is 16.6. The zero-order chi connectivity index (χ0) is 22.0. The van der Waals surface area contributed by atoms with Gasteiger partial charge < -0.3 is 25.2 Å². The lowest BCUT2D eigenvalue weighted by atomic mass is 10.0. The van der Waals surface area contributed by atoms with Crippen LogP contribution in [0, 0.1) is 0 Å². The first-order valence-electron chi connectivity index (χ1n) is 9.90. The third kappa shape index (κ3) is 8.53. The number of hydrogen-bond donors (Lipinski definition) is 3. The second kappa shape index (κ2) is 11.2. The van der Waals surface area contributed by atoms with Crippen LogP contribution in [0.15, 0.2) is 48.5 Å². The summed E-state index contributed by atoms with van der Waals surface area (Å²) in [4.78, 5) is 23.6. The number of hydrogen-bond acceptors (Lipinski definition) is 5. The number of carbonyl (C=O) groups is 2. The maximum Gasteiger partial charge on any atom is 0.407 e. The van der Waals surface area contributed by atoms with Crippen molar-refractivity contribution in [3.63, 3.8) is 0 Å².